The van der Waals surface area contributed by atoms with Gasteiger partial charge in [-0.3, -0.25) is 4.79 Å². The maximum Gasteiger partial charge on any atom is 0.223 e. The molecular formula is C23H26FN3O. The number of carbonyl (C=O) groups is 1. The summed E-state index contributed by atoms with van der Waals surface area (Å²) in [6.45, 7) is 3.33. The van der Waals surface area contributed by atoms with Crippen LogP contribution in [0.5, 0.6) is 0 Å². The summed E-state index contributed by atoms with van der Waals surface area (Å²) in [5.41, 5.74) is 1.96. The average molecular weight is 379 g/mol. The highest BCUT2D eigenvalue weighted by Gasteiger charge is 2.23. The van der Waals surface area contributed by atoms with Gasteiger partial charge in [0, 0.05) is 31.9 Å². The van der Waals surface area contributed by atoms with Crippen LogP contribution in [0.3, 0.4) is 0 Å². The summed E-state index contributed by atoms with van der Waals surface area (Å²) < 4.78 is 13.4. The van der Waals surface area contributed by atoms with Crippen LogP contribution in [-0.2, 0) is 11.2 Å². The molecule has 5 heteroatoms. The molecule has 146 valence electrons. The lowest BCUT2D eigenvalue weighted by molar-refractivity contribution is -0.131. The van der Waals surface area contributed by atoms with Crippen molar-refractivity contribution in [2.45, 2.75) is 32.1 Å². The Labute approximate surface area is 165 Å². The van der Waals surface area contributed by atoms with Crippen LogP contribution in [0.2, 0.25) is 0 Å². The summed E-state index contributed by atoms with van der Waals surface area (Å²) in [6.07, 6.45) is 5.36. The number of H-pyrrole nitrogens is 1. The van der Waals surface area contributed by atoms with Gasteiger partial charge in [-0.25, -0.2) is 9.37 Å². The second kappa shape index (κ2) is 9.83. The van der Waals surface area contributed by atoms with Crippen LogP contribution in [0.4, 0.5) is 4.39 Å². The van der Waals surface area contributed by atoms with E-state index in [0.29, 0.717) is 25.9 Å². The molecule has 1 atom stereocenters. The first kappa shape index (κ1) is 19.8. The number of hydrogen-bond donors (Lipinski definition) is 1. The lowest BCUT2D eigenvalue weighted by Crippen LogP contribution is -2.34. The molecule has 28 heavy (non-hydrogen) atoms. The highest BCUT2D eigenvalue weighted by molar-refractivity contribution is 5.77. The SMILES string of the molecule is CCCN(CCc1cccc(F)c1)C(=O)CC(c1ccccc1)c1ncc[nH]1. The van der Waals surface area contributed by atoms with Gasteiger partial charge in [0.1, 0.15) is 11.6 Å². The van der Waals surface area contributed by atoms with Crippen molar-refractivity contribution in [2.75, 3.05) is 13.1 Å². The summed E-state index contributed by atoms with van der Waals surface area (Å²) in [4.78, 5) is 22.5. The highest BCUT2D eigenvalue weighted by Crippen LogP contribution is 2.26. The van der Waals surface area contributed by atoms with E-state index in [2.05, 4.69) is 16.9 Å². The second-order valence-electron chi connectivity index (χ2n) is 6.90. The van der Waals surface area contributed by atoms with E-state index in [1.54, 1.807) is 18.5 Å². The van der Waals surface area contributed by atoms with Crippen molar-refractivity contribution in [1.29, 1.82) is 0 Å². The van der Waals surface area contributed by atoms with Gasteiger partial charge in [-0.15, -0.1) is 0 Å². The van der Waals surface area contributed by atoms with Gasteiger partial charge in [0.05, 0.1) is 5.92 Å². The molecule has 4 nitrogen and oxygen atoms in total. The minimum Gasteiger partial charge on any atom is -0.348 e. The van der Waals surface area contributed by atoms with Gasteiger partial charge in [0.25, 0.3) is 0 Å². The Morgan fingerprint density at radius 1 is 1.14 bits per heavy atom. The van der Waals surface area contributed by atoms with Gasteiger partial charge >= 0.3 is 0 Å². The third kappa shape index (κ3) is 5.28. The number of aromatic nitrogens is 2. The first-order valence-electron chi connectivity index (χ1n) is 9.73. The maximum absolute atomic E-state index is 13.4. The Morgan fingerprint density at radius 3 is 2.64 bits per heavy atom. The van der Waals surface area contributed by atoms with Gasteiger partial charge < -0.3 is 9.88 Å². The van der Waals surface area contributed by atoms with Crippen LogP contribution in [0.25, 0.3) is 0 Å². The smallest absolute Gasteiger partial charge is 0.223 e. The maximum atomic E-state index is 13.4. The van der Waals surface area contributed by atoms with Crippen molar-refractivity contribution < 1.29 is 9.18 Å². The number of benzene rings is 2. The average Bonchev–Trinajstić information content (AvgIpc) is 3.24. The van der Waals surface area contributed by atoms with Gasteiger partial charge in [-0.05, 0) is 36.1 Å². The van der Waals surface area contributed by atoms with Crippen molar-refractivity contribution >= 4 is 5.91 Å². The summed E-state index contributed by atoms with van der Waals surface area (Å²) in [6, 6.07) is 16.5. The Hall–Kier alpha value is -2.95. The molecule has 1 heterocycles. The fourth-order valence-electron chi connectivity index (χ4n) is 3.42. The zero-order valence-corrected chi connectivity index (χ0v) is 16.1. The number of halogens is 1. The van der Waals surface area contributed by atoms with Crippen molar-refractivity contribution in [2.24, 2.45) is 0 Å². The van der Waals surface area contributed by atoms with Crippen LogP contribution in [-0.4, -0.2) is 33.9 Å². The monoisotopic (exact) mass is 379 g/mol. The van der Waals surface area contributed by atoms with Crippen LogP contribution in [0.1, 0.15) is 42.6 Å². The van der Waals surface area contributed by atoms with E-state index >= 15 is 0 Å². The van der Waals surface area contributed by atoms with Crippen molar-refractivity contribution in [1.82, 2.24) is 14.9 Å². The zero-order valence-electron chi connectivity index (χ0n) is 16.1. The van der Waals surface area contributed by atoms with Gasteiger partial charge in [-0.1, -0.05) is 49.4 Å². The molecule has 2 aromatic carbocycles. The van der Waals surface area contributed by atoms with E-state index in [0.717, 1.165) is 23.4 Å². The molecule has 0 spiro atoms. The summed E-state index contributed by atoms with van der Waals surface area (Å²) >= 11 is 0. The van der Waals surface area contributed by atoms with Crippen LogP contribution >= 0.6 is 0 Å². The molecule has 0 aliphatic heterocycles. The second-order valence-corrected chi connectivity index (χ2v) is 6.90. The molecule has 1 N–H and O–H groups in total. The molecule has 0 radical (unpaired) electrons. The molecule has 0 fully saturated rings. The Bertz CT molecular complexity index is 865. The van der Waals surface area contributed by atoms with Crippen LogP contribution in [0.15, 0.2) is 67.0 Å². The molecular weight excluding hydrogens is 353 g/mol. The molecule has 0 aliphatic carbocycles. The molecule has 1 unspecified atom stereocenters. The Morgan fingerprint density at radius 2 is 1.96 bits per heavy atom. The molecule has 1 amide bonds. The summed E-state index contributed by atoms with van der Waals surface area (Å²) in [5, 5.41) is 0. The number of imidazole rings is 1. The number of nitrogens with one attached hydrogen (secondary N) is 1. The first-order valence-corrected chi connectivity index (χ1v) is 9.73. The Balaban J connectivity index is 1.72. The standard InChI is InChI=1S/C23H26FN3O/c1-2-14-27(15-11-18-7-6-10-20(24)16-18)22(28)17-21(23-25-12-13-26-23)19-8-4-3-5-9-19/h3-10,12-13,16,21H,2,11,14-15,17H2,1H3,(H,25,26). The number of hydrogen-bond acceptors (Lipinski definition) is 2. The van der Waals surface area contributed by atoms with Gasteiger partial charge in [0.15, 0.2) is 0 Å². The fraction of sp³-hybridized carbons (Fsp3) is 0.304. The van der Waals surface area contributed by atoms with E-state index in [-0.39, 0.29) is 17.6 Å². The topological polar surface area (TPSA) is 49.0 Å². The number of amides is 1. The van der Waals surface area contributed by atoms with E-state index in [1.165, 1.54) is 12.1 Å². The molecule has 3 aromatic rings. The quantitative estimate of drug-likeness (QED) is 0.593. The highest BCUT2D eigenvalue weighted by atomic mass is 19.1. The third-order valence-electron chi connectivity index (χ3n) is 4.84. The first-order chi connectivity index (χ1) is 13.7. The molecule has 0 saturated heterocycles. The summed E-state index contributed by atoms with van der Waals surface area (Å²) in [5.74, 6) is 0.523. The van der Waals surface area contributed by atoms with Gasteiger partial charge in [-0.2, -0.15) is 0 Å². The fourth-order valence-corrected chi connectivity index (χ4v) is 3.42. The molecule has 0 bridgehead atoms. The lowest BCUT2D eigenvalue weighted by Gasteiger charge is -2.25. The van der Waals surface area contributed by atoms with E-state index < -0.39 is 0 Å². The van der Waals surface area contributed by atoms with Crippen molar-refractivity contribution in [3.05, 3.63) is 89.8 Å². The number of nitrogens with zero attached hydrogens (tertiary/aromatic N) is 2. The molecule has 1 aromatic heterocycles. The lowest BCUT2D eigenvalue weighted by atomic mass is 9.94. The largest absolute Gasteiger partial charge is 0.348 e. The predicted octanol–water partition coefficient (Wildman–Crippen LogP) is 4.55. The number of aromatic amines is 1. The van der Waals surface area contributed by atoms with Crippen LogP contribution < -0.4 is 0 Å². The van der Waals surface area contributed by atoms with Crippen molar-refractivity contribution in [3.8, 4) is 0 Å². The molecule has 0 saturated carbocycles. The Kier molecular flexibility index (Phi) is 6.95. The van der Waals surface area contributed by atoms with Crippen LogP contribution in [0, 0.1) is 5.82 Å². The van der Waals surface area contributed by atoms with E-state index in [9.17, 15) is 9.18 Å². The minimum atomic E-state index is -0.243. The van der Waals surface area contributed by atoms with Crippen molar-refractivity contribution in [3.63, 3.8) is 0 Å². The third-order valence-corrected chi connectivity index (χ3v) is 4.84. The predicted molar refractivity (Wildman–Crippen MR) is 108 cm³/mol. The van der Waals surface area contributed by atoms with E-state index in [4.69, 9.17) is 0 Å². The van der Waals surface area contributed by atoms with E-state index in [1.807, 2.05) is 41.3 Å². The molecule has 3 rings (SSSR count). The number of rotatable bonds is 9. The summed E-state index contributed by atoms with van der Waals surface area (Å²) in [7, 11) is 0. The zero-order chi connectivity index (χ0) is 19.8. The number of carbonyl (C=O) groups excluding carboxylic acids is 1. The van der Waals surface area contributed by atoms with Gasteiger partial charge in [0.2, 0.25) is 5.91 Å². The normalized spacial score (nSPS) is 11.9. The minimum absolute atomic E-state index is 0.0866. The molecule has 0 aliphatic rings.